The quantitative estimate of drug-likeness (QED) is 0.581. The molecule has 0 aromatic heterocycles. The Kier molecular flexibility index (Phi) is 1.86. The molecule has 2 aliphatic rings. The van der Waals surface area contributed by atoms with Gasteiger partial charge >= 0.3 is 0 Å². The summed E-state index contributed by atoms with van der Waals surface area (Å²) < 4.78 is 0. The zero-order valence-electron chi connectivity index (χ0n) is 9.19. The minimum atomic E-state index is -0.318. The van der Waals surface area contributed by atoms with Crippen LogP contribution in [0, 0.1) is 10.1 Å². The van der Waals surface area contributed by atoms with Crippen LogP contribution in [-0.2, 0) is 5.41 Å². The van der Waals surface area contributed by atoms with Gasteiger partial charge in [-0.3, -0.25) is 10.1 Å². The zero-order chi connectivity index (χ0) is 11.3. The van der Waals surface area contributed by atoms with Crippen molar-refractivity contribution in [3.8, 4) is 0 Å². The lowest BCUT2D eigenvalue weighted by atomic mass is 9.84. The Balaban J connectivity index is 2.12. The second-order valence-electron chi connectivity index (χ2n) is 4.91. The molecule has 1 unspecified atom stereocenters. The van der Waals surface area contributed by atoms with E-state index >= 15 is 0 Å². The summed E-state index contributed by atoms with van der Waals surface area (Å²) >= 11 is 0. The van der Waals surface area contributed by atoms with E-state index in [0.717, 1.165) is 12.1 Å². The molecule has 1 aromatic carbocycles. The lowest BCUT2D eigenvalue weighted by Crippen LogP contribution is -2.36. The zero-order valence-corrected chi connectivity index (χ0v) is 9.19. The lowest BCUT2D eigenvalue weighted by molar-refractivity contribution is -0.385. The summed E-state index contributed by atoms with van der Waals surface area (Å²) in [5.41, 5.74) is 2.92. The maximum atomic E-state index is 10.8. The predicted molar refractivity (Wildman–Crippen MR) is 60.4 cm³/mol. The first-order valence-corrected chi connectivity index (χ1v) is 5.65. The van der Waals surface area contributed by atoms with Crippen molar-refractivity contribution in [3.05, 3.63) is 39.4 Å². The van der Waals surface area contributed by atoms with Gasteiger partial charge < -0.3 is 5.32 Å². The summed E-state index contributed by atoms with van der Waals surface area (Å²) in [7, 11) is 0. The number of nitro benzene ring substituents is 1. The number of nitrogens with one attached hydrogen (secondary N) is 1. The molecule has 4 heteroatoms. The highest BCUT2D eigenvalue weighted by Crippen LogP contribution is 2.52. The van der Waals surface area contributed by atoms with Crippen molar-refractivity contribution in [2.24, 2.45) is 0 Å². The molecule has 1 saturated carbocycles. The highest BCUT2D eigenvalue weighted by molar-refractivity contribution is 5.49. The van der Waals surface area contributed by atoms with Gasteiger partial charge in [0.2, 0.25) is 0 Å². The molecule has 1 aromatic rings. The van der Waals surface area contributed by atoms with E-state index in [0.29, 0.717) is 0 Å². The average molecular weight is 218 g/mol. The first-order valence-electron chi connectivity index (χ1n) is 5.65. The summed E-state index contributed by atoms with van der Waals surface area (Å²) in [5.74, 6) is 0. The molecular formula is C12H14N2O2. The highest BCUT2D eigenvalue weighted by Gasteiger charge is 2.48. The van der Waals surface area contributed by atoms with Crippen LogP contribution in [-0.4, -0.2) is 11.5 Å². The SMILES string of the molecule is CC1NCC2(CC2)c2ccc([N+](=O)[O-])cc21. The third-order valence-corrected chi connectivity index (χ3v) is 3.88. The topological polar surface area (TPSA) is 55.2 Å². The van der Waals surface area contributed by atoms with Crippen LogP contribution in [0.4, 0.5) is 5.69 Å². The molecule has 1 spiro atoms. The van der Waals surface area contributed by atoms with Crippen molar-refractivity contribution >= 4 is 5.69 Å². The maximum absolute atomic E-state index is 10.8. The Morgan fingerprint density at radius 2 is 2.25 bits per heavy atom. The average Bonchev–Trinajstić information content (AvgIpc) is 3.05. The third-order valence-electron chi connectivity index (χ3n) is 3.88. The van der Waals surface area contributed by atoms with E-state index in [2.05, 4.69) is 12.2 Å². The second-order valence-corrected chi connectivity index (χ2v) is 4.91. The molecule has 0 amide bonds. The van der Waals surface area contributed by atoms with E-state index in [1.54, 1.807) is 12.1 Å². The molecule has 1 heterocycles. The van der Waals surface area contributed by atoms with Gasteiger partial charge in [0.05, 0.1) is 4.92 Å². The minimum Gasteiger partial charge on any atom is -0.309 e. The molecule has 1 aliphatic heterocycles. The lowest BCUT2D eigenvalue weighted by Gasteiger charge is -2.30. The number of nitro groups is 1. The Bertz CT molecular complexity index is 466. The number of rotatable bonds is 1. The maximum Gasteiger partial charge on any atom is 0.269 e. The smallest absolute Gasteiger partial charge is 0.269 e. The third kappa shape index (κ3) is 1.26. The van der Waals surface area contributed by atoms with Crippen molar-refractivity contribution in [1.82, 2.24) is 5.32 Å². The normalized spacial score (nSPS) is 25.2. The van der Waals surface area contributed by atoms with Crippen LogP contribution in [0.3, 0.4) is 0 Å². The van der Waals surface area contributed by atoms with E-state index in [9.17, 15) is 10.1 Å². The Hall–Kier alpha value is -1.42. The number of non-ortho nitro benzene ring substituents is 1. The molecule has 0 saturated heterocycles. The first kappa shape index (κ1) is 9.78. The van der Waals surface area contributed by atoms with Gasteiger partial charge in [0.1, 0.15) is 0 Å². The summed E-state index contributed by atoms with van der Waals surface area (Å²) in [6.45, 7) is 3.08. The van der Waals surface area contributed by atoms with Crippen LogP contribution < -0.4 is 5.32 Å². The van der Waals surface area contributed by atoms with Gasteiger partial charge in [-0.2, -0.15) is 0 Å². The molecule has 1 atom stereocenters. The standard InChI is InChI=1S/C12H14N2O2/c1-8-10-6-9(14(15)16)2-3-11(10)12(4-5-12)7-13-8/h2-3,6,8,13H,4-5,7H2,1H3. The molecule has 84 valence electrons. The van der Waals surface area contributed by atoms with E-state index in [-0.39, 0.29) is 22.1 Å². The summed E-state index contributed by atoms with van der Waals surface area (Å²) in [4.78, 5) is 10.4. The van der Waals surface area contributed by atoms with Crippen molar-refractivity contribution in [3.63, 3.8) is 0 Å². The van der Waals surface area contributed by atoms with Gasteiger partial charge in [-0.15, -0.1) is 0 Å². The van der Waals surface area contributed by atoms with Gasteiger partial charge in [-0.25, -0.2) is 0 Å². The summed E-state index contributed by atoms with van der Waals surface area (Å²) in [5, 5.41) is 14.2. The van der Waals surface area contributed by atoms with Crippen molar-refractivity contribution in [1.29, 1.82) is 0 Å². The van der Waals surface area contributed by atoms with Crippen molar-refractivity contribution in [2.75, 3.05) is 6.54 Å². The highest BCUT2D eigenvalue weighted by atomic mass is 16.6. The molecule has 1 aliphatic carbocycles. The Labute approximate surface area is 93.8 Å². The fraction of sp³-hybridized carbons (Fsp3) is 0.500. The van der Waals surface area contributed by atoms with Gasteiger partial charge in [0.25, 0.3) is 5.69 Å². The number of hydrogen-bond donors (Lipinski definition) is 1. The summed E-state index contributed by atoms with van der Waals surface area (Å²) in [6, 6.07) is 5.54. The van der Waals surface area contributed by atoms with Crippen LogP contribution in [0.5, 0.6) is 0 Å². The predicted octanol–water partition coefficient (Wildman–Crippen LogP) is 2.29. The summed E-state index contributed by atoms with van der Waals surface area (Å²) in [6.07, 6.45) is 2.41. The molecule has 0 radical (unpaired) electrons. The monoisotopic (exact) mass is 218 g/mol. The van der Waals surface area contributed by atoms with Crippen LogP contribution in [0.25, 0.3) is 0 Å². The first-order chi connectivity index (χ1) is 7.62. The van der Waals surface area contributed by atoms with E-state index in [4.69, 9.17) is 0 Å². The van der Waals surface area contributed by atoms with Gasteiger partial charge in [0.15, 0.2) is 0 Å². The van der Waals surface area contributed by atoms with Crippen LogP contribution in [0.15, 0.2) is 18.2 Å². The van der Waals surface area contributed by atoms with E-state index in [1.165, 1.54) is 18.4 Å². The molecule has 1 N–H and O–H groups in total. The van der Waals surface area contributed by atoms with Crippen LogP contribution >= 0.6 is 0 Å². The Morgan fingerprint density at radius 3 is 2.88 bits per heavy atom. The number of fused-ring (bicyclic) bond motifs is 2. The molecule has 3 rings (SSSR count). The molecule has 1 fully saturated rings. The minimum absolute atomic E-state index is 0.199. The van der Waals surface area contributed by atoms with E-state index < -0.39 is 0 Å². The molecule has 4 nitrogen and oxygen atoms in total. The van der Waals surface area contributed by atoms with Gasteiger partial charge in [0, 0.05) is 30.1 Å². The van der Waals surface area contributed by atoms with Gasteiger partial charge in [-0.05, 0) is 30.9 Å². The fourth-order valence-corrected chi connectivity index (χ4v) is 2.66. The second kappa shape index (κ2) is 3.04. The fourth-order valence-electron chi connectivity index (χ4n) is 2.66. The number of hydrogen-bond acceptors (Lipinski definition) is 3. The van der Waals surface area contributed by atoms with Crippen LogP contribution in [0.2, 0.25) is 0 Å². The van der Waals surface area contributed by atoms with Crippen molar-refractivity contribution < 1.29 is 4.92 Å². The number of benzene rings is 1. The number of nitrogens with zero attached hydrogens (tertiary/aromatic N) is 1. The van der Waals surface area contributed by atoms with E-state index in [1.807, 2.05) is 6.07 Å². The molecular weight excluding hydrogens is 204 g/mol. The Morgan fingerprint density at radius 1 is 1.50 bits per heavy atom. The van der Waals surface area contributed by atoms with Crippen molar-refractivity contribution in [2.45, 2.75) is 31.2 Å². The van der Waals surface area contributed by atoms with Crippen LogP contribution in [0.1, 0.15) is 36.9 Å². The molecule has 0 bridgehead atoms. The van der Waals surface area contributed by atoms with Gasteiger partial charge in [-0.1, -0.05) is 6.07 Å². The largest absolute Gasteiger partial charge is 0.309 e. The molecule has 16 heavy (non-hydrogen) atoms.